The Hall–Kier alpha value is -1.84. The summed E-state index contributed by atoms with van der Waals surface area (Å²) in [6.07, 6.45) is 4.50. The Balaban J connectivity index is 1.70. The van der Waals surface area contributed by atoms with Crippen LogP contribution in [0.2, 0.25) is 0 Å². The zero-order chi connectivity index (χ0) is 17.1. The van der Waals surface area contributed by atoms with Gasteiger partial charge in [-0.3, -0.25) is 14.5 Å². The van der Waals surface area contributed by atoms with Crippen LogP contribution >= 0.6 is 0 Å². The van der Waals surface area contributed by atoms with Crippen LogP contribution in [0.25, 0.3) is 0 Å². The predicted octanol–water partition coefficient (Wildman–Crippen LogP) is 3.15. The van der Waals surface area contributed by atoms with Crippen molar-refractivity contribution in [3.63, 3.8) is 0 Å². The van der Waals surface area contributed by atoms with E-state index < -0.39 is 0 Å². The quantitative estimate of drug-likeness (QED) is 0.745. The number of rotatable bonds is 1. The number of carbonyl (C=O) groups excluding carboxylic acids is 2. The van der Waals surface area contributed by atoms with Gasteiger partial charge in [0, 0.05) is 13.5 Å². The first-order valence-electron chi connectivity index (χ1n) is 8.93. The number of benzene rings is 1. The number of fused-ring (bicyclic) bond motifs is 5. The second kappa shape index (κ2) is 5.33. The van der Waals surface area contributed by atoms with Crippen LogP contribution in [0, 0.1) is 17.3 Å². The Kier molecular flexibility index (Phi) is 3.48. The lowest BCUT2D eigenvalue weighted by Gasteiger charge is -2.54. The highest BCUT2D eigenvalue weighted by molar-refractivity contribution is 6.00. The maximum absolute atomic E-state index is 12.8. The van der Waals surface area contributed by atoms with Crippen LogP contribution in [0.5, 0.6) is 5.75 Å². The van der Waals surface area contributed by atoms with Crippen LogP contribution in [-0.2, 0) is 16.0 Å². The monoisotopic (exact) mass is 327 g/mol. The lowest BCUT2D eigenvalue weighted by atomic mass is 9.52. The van der Waals surface area contributed by atoms with Gasteiger partial charge in [0.1, 0.15) is 5.75 Å². The fourth-order valence-corrected chi connectivity index (χ4v) is 5.47. The minimum atomic E-state index is -0.367. The number of piperidine rings is 1. The molecule has 1 aliphatic heterocycles. The number of carbonyl (C=O) groups is 2. The highest BCUT2D eigenvalue weighted by Gasteiger charge is 2.56. The summed E-state index contributed by atoms with van der Waals surface area (Å²) in [5.41, 5.74) is 2.42. The predicted molar refractivity (Wildman–Crippen MR) is 90.8 cm³/mol. The van der Waals surface area contributed by atoms with Crippen molar-refractivity contribution in [1.29, 1.82) is 0 Å². The van der Waals surface area contributed by atoms with Crippen molar-refractivity contribution in [1.82, 2.24) is 4.90 Å². The summed E-state index contributed by atoms with van der Waals surface area (Å²) in [4.78, 5) is 26.4. The van der Waals surface area contributed by atoms with Gasteiger partial charge in [0.25, 0.3) is 0 Å². The molecule has 0 spiro atoms. The van der Waals surface area contributed by atoms with Crippen molar-refractivity contribution in [2.75, 3.05) is 14.2 Å². The van der Waals surface area contributed by atoms with E-state index in [9.17, 15) is 9.59 Å². The van der Waals surface area contributed by atoms with E-state index in [2.05, 4.69) is 19.1 Å². The van der Waals surface area contributed by atoms with Gasteiger partial charge in [-0.2, -0.15) is 0 Å². The molecule has 1 aromatic rings. The van der Waals surface area contributed by atoms with Crippen LogP contribution in [0.3, 0.4) is 0 Å². The van der Waals surface area contributed by atoms with E-state index >= 15 is 0 Å². The maximum Gasteiger partial charge on any atom is 0.235 e. The van der Waals surface area contributed by atoms with Crippen LogP contribution in [0.1, 0.15) is 49.7 Å². The molecule has 1 heterocycles. The number of hydrogen-bond acceptors (Lipinski definition) is 3. The number of likely N-dealkylation sites (tertiary alicyclic amines) is 1. The molecule has 1 saturated carbocycles. The Morgan fingerprint density at radius 3 is 2.79 bits per heavy atom. The fourth-order valence-electron chi connectivity index (χ4n) is 5.47. The number of amides is 2. The van der Waals surface area contributed by atoms with Crippen LogP contribution in [0.4, 0.5) is 0 Å². The molecule has 0 N–H and O–H groups in total. The molecule has 4 nitrogen and oxygen atoms in total. The summed E-state index contributed by atoms with van der Waals surface area (Å²) in [5, 5.41) is 0. The van der Waals surface area contributed by atoms with Crippen LogP contribution in [0.15, 0.2) is 18.2 Å². The van der Waals surface area contributed by atoms with E-state index in [4.69, 9.17) is 4.74 Å². The van der Waals surface area contributed by atoms with E-state index in [1.807, 2.05) is 6.07 Å². The van der Waals surface area contributed by atoms with Gasteiger partial charge in [-0.15, -0.1) is 0 Å². The summed E-state index contributed by atoms with van der Waals surface area (Å²) >= 11 is 0. The van der Waals surface area contributed by atoms with Crippen molar-refractivity contribution in [3.8, 4) is 5.75 Å². The SMILES string of the molecule is COc1ccc2c(c1)CC[C@@H]1[C@@H]2CC[C@]2(C)C(=O)N(C)C(=O)C[C@@H]12. The maximum atomic E-state index is 12.8. The summed E-state index contributed by atoms with van der Waals surface area (Å²) in [5.74, 6) is 2.03. The standard InChI is InChI=1S/C20H25NO3/c1-20-9-8-15-14-7-5-13(24-3)10-12(14)4-6-16(15)17(20)11-18(22)21(2)19(20)23/h5,7,10,15-17H,4,6,8-9,11H2,1-3H3/t15-,16-,17+,20+/m1/s1. The van der Waals surface area contributed by atoms with E-state index in [0.29, 0.717) is 18.3 Å². The molecule has 3 aliphatic rings. The first-order chi connectivity index (χ1) is 11.5. The van der Waals surface area contributed by atoms with Crippen LogP contribution < -0.4 is 4.74 Å². The zero-order valence-electron chi connectivity index (χ0n) is 14.7. The third-order valence-electron chi connectivity index (χ3n) is 6.89. The summed E-state index contributed by atoms with van der Waals surface area (Å²) < 4.78 is 5.36. The average molecular weight is 327 g/mol. The second-order valence-electron chi connectivity index (χ2n) is 7.90. The molecule has 2 aliphatic carbocycles. The molecule has 0 aromatic heterocycles. The summed E-state index contributed by atoms with van der Waals surface area (Å²) in [6, 6.07) is 6.40. The third kappa shape index (κ3) is 2.04. The number of hydrogen-bond donors (Lipinski definition) is 0. The molecular weight excluding hydrogens is 302 g/mol. The molecule has 0 radical (unpaired) electrons. The first-order valence-corrected chi connectivity index (χ1v) is 8.93. The van der Waals surface area contributed by atoms with E-state index in [0.717, 1.165) is 31.4 Å². The average Bonchev–Trinajstić information content (AvgIpc) is 2.60. The molecule has 0 unspecified atom stereocenters. The van der Waals surface area contributed by atoms with Gasteiger partial charge in [-0.1, -0.05) is 13.0 Å². The summed E-state index contributed by atoms with van der Waals surface area (Å²) in [7, 11) is 3.34. The van der Waals surface area contributed by atoms with Crippen molar-refractivity contribution in [3.05, 3.63) is 29.3 Å². The molecule has 0 bridgehead atoms. The summed E-state index contributed by atoms with van der Waals surface area (Å²) in [6.45, 7) is 2.09. The Labute approximate surface area is 143 Å². The molecule has 4 heteroatoms. The molecule has 1 aromatic carbocycles. The fraction of sp³-hybridized carbons (Fsp3) is 0.600. The van der Waals surface area contributed by atoms with Crippen molar-refractivity contribution >= 4 is 11.8 Å². The third-order valence-corrected chi connectivity index (χ3v) is 6.89. The molecule has 2 fully saturated rings. The normalized spacial score (nSPS) is 35.1. The van der Waals surface area contributed by atoms with Crippen molar-refractivity contribution < 1.29 is 14.3 Å². The van der Waals surface area contributed by atoms with Gasteiger partial charge >= 0.3 is 0 Å². The van der Waals surface area contributed by atoms with Gasteiger partial charge in [0.2, 0.25) is 11.8 Å². The molecule has 24 heavy (non-hydrogen) atoms. The van der Waals surface area contributed by atoms with Gasteiger partial charge in [0.05, 0.1) is 12.5 Å². The molecule has 4 atom stereocenters. The number of methoxy groups -OCH3 is 1. The van der Waals surface area contributed by atoms with Crippen molar-refractivity contribution in [2.45, 2.75) is 44.9 Å². The highest BCUT2D eigenvalue weighted by atomic mass is 16.5. The van der Waals surface area contributed by atoms with Gasteiger partial charge in [-0.25, -0.2) is 0 Å². The Morgan fingerprint density at radius 2 is 2.04 bits per heavy atom. The van der Waals surface area contributed by atoms with Crippen LogP contribution in [-0.4, -0.2) is 30.9 Å². The van der Waals surface area contributed by atoms with Gasteiger partial charge in [-0.05, 0) is 66.7 Å². The molecule has 4 rings (SSSR count). The van der Waals surface area contributed by atoms with E-state index in [1.54, 1.807) is 14.2 Å². The zero-order valence-corrected chi connectivity index (χ0v) is 14.7. The van der Waals surface area contributed by atoms with E-state index in [1.165, 1.54) is 16.0 Å². The van der Waals surface area contributed by atoms with Gasteiger partial charge in [0.15, 0.2) is 0 Å². The lowest BCUT2D eigenvalue weighted by molar-refractivity contribution is -0.165. The Morgan fingerprint density at radius 1 is 1.25 bits per heavy atom. The highest BCUT2D eigenvalue weighted by Crippen LogP contribution is 2.57. The minimum absolute atomic E-state index is 0.0105. The molecule has 128 valence electrons. The van der Waals surface area contributed by atoms with Gasteiger partial charge < -0.3 is 4.74 Å². The molecular formula is C20H25NO3. The minimum Gasteiger partial charge on any atom is -0.497 e. The first kappa shape index (κ1) is 15.7. The second-order valence-corrected chi connectivity index (χ2v) is 7.90. The topological polar surface area (TPSA) is 46.6 Å². The van der Waals surface area contributed by atoms with E-state index in [-0.39, 0.29) is 23.1 Å². The number of ether oxygens (including phenoxy) is 1. The smallest absolute Gasteiger partial charge is 0.235 e. The molecule has 1 saturated heterocycles. The van der Waals surface area contributed by atoms with Crippen molar-refractivity contribution in [2.24, 2.45) is 17.3 Å². The lowest BCUT2D eigenvalue weighted by Crippen LogP contribution is -2.58. The molecule has 2 amide bonds. The number of aryl methyl sites for hydroxylation is 1. The number of nitrogens with zero attached hydrogens (tertiary/aromatic N) is 1. The Bertz CT molecular complexity index is 713. The number of imide groups is 1. The largest absolute Gasteiger partial charge is 0.497 e.